The van der Waals surface area contributed by atoms with E-state index < -0.39 is 12.1 Å². The SMILES string of the molecule is CC/C=C\C/C=C\C/C=C\C/C=C\C/C=C\C/C=C\CCC(=O)NC(CO)C(O)/C=C/CC/C=C/CCCCCCCCCCCCCCCCCCCCCC. The molecule has 0 aromatic carbocycles. The van der Waals surface area contributed by atoms with Crippen molar-refractivity contribution in [2.75, 3.05) is 6.61 Å². The normalized spacial score (nSPS) is 13.8. The number of aliphatic hydroxyl groups is 2. The number of aliphatic hydroxyl groups excluding tert-OH is 2. The predicted molar refractivity (Wildman–Crippen MR) is 253 cm³/mol. The van der Waals surface area contributed by atoms with E-state index in [-0.39, 0.29) is 12.5 Å². The molecule has 0 fully saturated rings. The van der Waals surface area contributed by atoms with E-state index in [9.17, 15) is 15.0 Å². The molecule has 2 unspecified atom stereocenters. The van der Waals surface area contributed by atoms with Crippen LogP contribution in [0.1, 0.15) is 213 Å². The Morgan fingerprint density at radius 2 is 0.789 bits per heavy atom. The van der Waals surface area contributed by atoms with Gasteiger partial charge in [0.05, 0.1) is 18.8 Å². The molecule has 3 N–H and O–H groups in total. The predicted octanol–water partition coefficient (Wildman–Crippen LogP) is 15.4. The van der Waals surface area contributed by atoms with Crippen molar-refractivity contribution in [3.05, 3.63) is 97.2 Å². The number of carbonyl (C=O) groups is 1. The van der Waals surface area contributed by atoms with Crippen molar-refractivity contribution in [1.29, 1.82) is 0 Å². The second kappa shape index (κ2) is 47.7. The highest BCUT2D eigenvalue weighted by atomic mass is 16.3. The number of allylic oxidation sites excluding steroid dienone is 15. The quantitative estimate of drug-likeness (QED) is 0.0426. The van der Waals surface area contributed by atoms with E-state index in [1.54, 1.807) is 6.08 Å². The van der Waals surface area contributed by atoms with Crippen molar-refractivity contribution in [1.82, 2.24) is 5.32 Å². The van der Waals surface area contributed by atoms with Gasteiger partial charge in [-0.15, -0.1) is 0 Å². The van der Waals surface area contributed by atoms with Gasteiger partial charge in [0, 0.05) is 6.42 Å². The summed E-state index contributed by atoms with van der Waals surface area (Å²) < 4.78 is 0. The lowest BCUT2D eigenvalue weighted by Crippen LogP contribution is -2.45. The molecule has 0 aromatic heterocycles. The van der Waals surface area contributed by atoms with Gasteiger partial charge in [-0.3, -0.25) is 4.79 Å². The number of amides is 1. The Morgan fingerprint density at radius 1 is 0.439 bits per heavy atom. The van der Waals surface area contributed by atoms with E-state index in [1.165, 1.54) is 128 Å². The molecular weight excluding hydrogens is 699 g/mol. The van der Waals surface area contributed by atoms with Crippen molar-refractivity contribution in [3.8, 4) is 0 Å². The average Bonchev–Trinajstić information content (AvgIpc) is 3.22. The summed E-state index contributed by atoms with van der Waals surface area (Å²) in [4.78, 5) is 12.4. The van der Waals surface area contributed by atoms with Gasteiger partial charge in [0.15, 0.2) is 0 Å². The number of rotatable bonds is 42. The molecule has 4 nitrogen and oxygen atoms in total. The maximum Gasteiger partial charge on any atom is 0.220 e. The van der Waals surface area contributed by atoms with Gasteiger partial charge in [-0.25, -0.2) is 0 Å². The topological polar surface area (TPSA) is 69.6 Å². The molecule has 326 valence electrons. The van der Waals surface area contributed by atoms with Crippen LogP contribution in [0.15, 0.2) is 97.2 Å². The van der Waals surface area contributed by atoms with Gasteiger partial charge >= 0.3 is 0 Å². The molecule has 0 saturated heterocycles. The number of hydrogen-bond donors (Lipinski definition) is 3. The Balaban J connectivity index is 3.70. The van der Waals surface area contributed by atoms with Crippen LogP contribution in [-0.4, -0.2) is 34.9 Å². The van der Waals surface area contributed by atoms with Crippen molar-refractivity contribution < 1.29 is 15.0 Å². The third-order valence-electron chi connectivity index (χ3n) is 10.3. The molecule has 1 amide bonds. The van der Waals surface area contributed by atoms with Crippen LogP contribution in [0.25, 0.3) is 0 Å². The van der Waals surface area contributed by atoms with Crippen LogP contribution >= 0.6 is 0 Å². The number of unbranched alkanes of at least 4 members (excludes halogenated alkanes) is 21. The van der Waals surface area contributed by atoms with Gasteiger partial charge in [-0.05, 0) is 70.6 Å². The van der Waals surface area contributed by atoms with Crippen LogP contribution in [-0.2, 0) is 4.79 Å². The molecule has 0 spiro atoms. The molecular formula is C53H91NO3. The van der Waals surface area contributed by atoms with Crippen molar-refractivity contribution in [2.45, 2.75) is 225 Å². The summed E-state index contributed by atoms with van der Waals surface area (Å²) in [7, 11) is 0. The Kier molecular flexibility index (Phi) is 45.4. The summed E-state index contributed by atoms with van der Waals surface area (Å²) in [6.07, 6.45) is 71.2. The fraction of sp³-hybridized carbons (Fsp3) is 0.679. The maximum absolute atomic E-state index is 12.4. The van der Waals surface area contributed by atoms with Crippen LogP contribution in [0.2, 0.25) is 0 Å². The molecule has 4 heteroatoms. The summed E-state index contributed by atoms with van der Waals surface area (Å²) in [6.45, 7) is 4.15. The van der Waals surface area contributed by atoms with E-state index in [0.717, 1.165) is 57.8 Å². The highest BCUT2D eigenvalue weighted by Crippen LogP contribution is 2.15. The Morgan fingerprint density at radius 3 is 1.21 bits per heavy atom. The highest BCUT2D eigenvalue weighted by molar-refractivity contribution is 5.76. The molecule has 0 aromatic rings. The lowest BCUT2D eigenvalue weighted by atomic mass is 10.0. The van der Waals surface area contributed by atoms with Gasteiger partial charge in [0.25, 0.3) is 0 Å². The molecule has 2 atom stereocenters. The number of carbonyl (C=O) groups excluding carboxylic acids is 1. The Labute approximate surface area is 353 Å². The Hall–Kier alpha value is -2.69. The van der Waals surface area contributed by atoms with E-state index in [0.29, 0.717) is 12.8 Å². The fourth-order valence-electron chi connectivity index (χ4n) is 6.69. The summed E-state index contributed by atoms with van der Waals surface area (Å²) in [5, 5.41) is 23.0. The largest absolute Gasteiger partial charge is 0.394 e. The lowest BCUT2D eigenvalue weighted by Gasteiger charge is -2.19. The van der Waals surface area contributed by atoms with Gasteiger partial charge < -0.3 is 15.5 Å². The minimum absolute atomic E-state index is 0.158. The monoisotopic (exact) mass is 790 g/mol. The second-order valence-electron chi connectivity index (χ2n) is 15.8. The molecule has 57 heavy (non-hydrogen) atoms. The third kappa shape index (κ3) is 44.3. The molecule has 0 aliphatic heterocycles. The molecule has 0 saturated carbocycles. The van der Waals surface area contributed by atoms with E-state index >= 15 is 0 Å². The fourth-order valence-corrected chi connectivity index (χ4v) is 6.69. The van der Waals surface area contributed by atoms with Crippen LogP contribution in [0.5, 0.6) is 0 Å². The van der Waals surface area contributed by atoms with Gasteiger partial charge in [-0.1, -0.05) is 233 Å². The summed E-state index contributed by atoms with van der Waals surface area (Å²) in [5.41, 5.74) is 0. The van der Waals surface area contributed by atoms with E-state index in [4.69, 9.17) is 0 Å². The lowest BCUT2D eigenvalue weighted by molar-refractivity contribution is -0.122. The molecule has 0 bridgehead atoms. The van der Waals surface area contributed by atoms with Crippen molar-refractivity contribution >= 4 is 5.91 Å². The van der Waals surface area contributed by atoms with E-state index in [2.05, 4.69) is 98.2 Å². The van der Waals surface area contributed by atoms with Gasteiger partial charge in [0.2, 0.25) is 5.91 Å². The minimum atomic E-state index is -0.900. The average molecular weight is 790 g/mol. The van der Waals surface area contributed by atoms with Crippen molar-refractivity contribution in [3.63, 3.8) is 0 Å². The van der Waals surface area contributed by atoms with Crippen LogP contribution < -0.4 is 5.32 Å². The van der Waals surface area contributed by atoms with Crippen LogP contribution in [0.4, 0.5) is 0 Å². The zero-order chi connectivity index (χ0) is 41.4. The van der Waals surface area contributed by atoms with Gasteiger partial charge in [-0.2, -0.15) is 0 Å². The third-order valence-corrected chi connectivity index (χ3v) is 10.3. The highest BCUT2D eigenvalue weighted by Gasteiger charge is 2.17. The van der Waals surface area contributed by atoms with E-state index in [1.807, 2.05) is 12.2 Å². The Bertz CT molecular complexity index is 1080. The van der Waals surface area contributed by atoms with Crippen LogP contribution in [0, 0.1) is 0 Å². The first-order valence-corrected chi connectivity index (χ1v) is 24.0. The number of nitrogens with one attached hydrogen (secondary N) is 1. The summed E-state index contributed by atoms with van der Waals surface area (Å²) in [5.74, 6) is -0.158. The molecule has 0 aliphatic rings. The standard InChI is InChI=1S/C53H91NO3/c1-3-5-7-9-11-13-15-17-19-21-23-24-25-26-27-28-29-31-32-34-36-38-40-42-44-46-48-52(56)51(50-55)54-53(57)49-47-45-43-41-39-37-35-33-30-22-20-18-16-14-12-10-8-6-4-2/h6,8,12,14,18,20,30,33,37-40,43,45-46,48,51-52,55-56H,3-5,7,9-11,13,15-17,19,21-29,31-32,34-36,41-42,44,47,49-50H2,1-2H3,(H,54,57)/b8-6-,14-12-,20-18-,33-30-,39-37-,40-38+,45-43-,48-46+. The first kappa shape index (κ1) is 54.3. The molecule has 0 aliphatic carbocycles. The second-order valence-corrected chi connectivity index (χ2v) is 15.8. The first-order valence-electron chi connectivity index (χ1n) is 24.0. The zero-order valence-electron chi connectivity index (χ0n) is 37.3. The summed E-state index contributed by atoms with van der Waals surface area (Å²) >= 11 is 0. The molecule has 0 rings (SSSR count). The van der Waals surface area contributed by atoms with Crippen molar-refractivity contribution in [2.24, 2.45) is 0 Å². The number of hydrogen-bond acceptors (Lipinski definition) is 3. The molecule has 0 radical (unpaired) electrons. The van der Waals surface area contributed by atoms with Crippen LogP contribution in [0.3, 0.4) is 0 Å². The summed E-state index contributed by atoms with van der Waals surface area (Å²) in [6, 6.07) is -0.686. The van der Waals surface area contributed by atoms with Gasteiger partial charge in [0.1, 0.15) is 0 Å². The smallest absolute Gasteiger partial charge is 0.220 e. The minimum Gasteiger partial charge on any atom is -0.394 e. The maximum atomic E-state index is 12.4. The zero-order valence-corrected chi connectivity index (χ0v) is 37.3. The molecule has 0 heterocycles. The first-order chi connectivity index (χ1) is 28.2.